The van der Waals surface area contributed by atoms with E-state index in [1.165, 1.54) is 10.9 Å². The number of hydrogen-bond donors (Lipinski definition) is 3. The Hall–Kier alpha value is -3.43. The molecule has 0 bridgehead atoms. The largest absolute Gasteiger partial charge is 0.489 e. The lowest BCUT2D eigenvalue weighted by molar-refractivity contribution is -0.140. The molecule has 0 aliphatic heterocycles. The minimum atomic E-state index is -0.835. The molecule has 1 heterocycles. The number of rotatable bonds is 10. The zero-order valence-electron chi connectivity index (χ0n) is 18.6. The second-order valence-corrected chi connectivity index (χ2v) is 8.26. The average molecular weight is 472 g/mol. The van der Waals surface area contributed by atoms with Crippen molar-refractivity contribution in [1.29, 1.82) is 0 Å². The average Bonchev–Trinajstić information content (AvgIpc) is 3.26. The summed E-state index contributed by atoms with van der Waals surface area (Å²) in [4.78, 5) is 23.4. The highest BCUT2D eigenvalue weighted by Gasteiger charge is 2.14. The fraction of sp³-hybridized carbons (Fsp3) is 0.304. The van der Waals surface area contributed by atoms with Gasteiger partial charge in [0.1, 0.15) is 5.75 Å². The van der Waals surface area contributed by atoms with E-state index >= 15 is 0 Å². The van der Waals surface area contributed by atoms with Crippen molar-refractivity contribution in [3.05, 3.63) is 64.9 Å². The predicted molar refractivity (Wildman–Crippen MR) is 125 cm³/mol. The Bertz CT molecular complexity index is 1110. The van der Waals surface area contributed by atoms with Gasteiger partial charge in [-0.25, -0.2) is 4.68 Å². The van der Waals surface area contributed by atoms with Crippen molar-refractivity contribution in [2.45, 2.75) is 33.4 Å². The van der Waals surface area contributed by atoms with Gasteiger partial charge in [-0.15, -0.1) is 5.10 Å². The zero-order valence-corrected chi connectivity index (χ0v) is 19.3. The van der Waals surface area contributed by atoms with E-state index in [0.717, 1.165) is 5.56 Å². The molecule has 0 spiro atoms. The van der Waals surface area contributed by atoms with Gasteiger partial charge in [0, 0.05) is 18.8 Å². The van der Waals surface area contributed by atoms with Crippen LogP contribution >= 0.6 is 11.6 Å². The second kappa shape index (κ2) is 10.9. The standard InChI is InChI=1S/C23H26ClN5O4/c1-14(2)33-21-9-8-18(10-19(21)24)29-13-20(27-28-29)22(30)26-17-6-4-16(5-7-17)12-25-11-15(3)23(31)32/h4-10,13-15,25H,11-12H2,1-3H3,(H,26,30)(H,31,32). The van der Waals surface area contributed by atoms with E-state index in [1.807, 2.05) is 26.0 Å². The number of anilines is 1. The van der Waals surface area contributed by atoms with Crippen molar-refractivity contribution in [3.8, 4) is 11.4 Å². The fourth-order valence-electron chi connectivity index (χ4n) is 2.90. The highest BCUT2D eigenvalue weighted by atomic mass is 35.5. The first-order chi connectivity index (χ1) is 15.7. The maximum absolute atomic E-state index is 12.6. The molecule has 1 atom stereocenters. The van der Waals surface area contributed by atoms with E-state index in [-0.39, 0.29) is 11.8 Å². The molecule has 3 N–H and O–H groups in total. The van der Waals surface area contributed by atoms with Crippen LogP contribution in [-0.4, -0.2) is 44.6 Å². The normalized spacial score (nSPS) is 11.9. The van der Waals surface area contributed by atoms with Crippen molar-refractivity contribution in [3.63, 3.8) is 0 Å². The molecule has 2 aromatic carbocycles. The summed E-state index contributed by atoms with van der Waals surface area (Å²) in [5, 5.41) is 23.2. The quantitative estimate of drug-likeness (QED) is 0.411. The predicted octanol–water partition coefficient (Wildman–Crippen LogP) is 3.77. The van der Waals surface area contributed by atoms with Crippen LogP contribution in [0.3, 0.4) is 0 Å². The lowest BCUT2D eigenvalue weighted by Gasteiger charge is -2.12. The summed E-state index contributed by atoms with van der Waals surface area (Å²) in [7, 11) is 0. The van der Waals surface area contributed by atoms with Crippen LogP contribution in [0.1, 0.15) is 36.8 Å². The van der Waals surface area contributed by atoms with Gasteiger partial charge in [0.05, 0.1) is 28.9 Å². The van der Waals surface area contributed by atoms with Gasteiger partial charge in [0.2, 0.25) is 0 Å². The molecule has 0 saturated carbocycles. The molecule has 3 aromatic rings. The Labute approximate surface area is 196 Å². The van der Waals surface area contributed by atoms with Gasteiger partial charge < -0.3 is 20.5 Å². The molecule has 0 fully saturated rings. The number of carbonyl (C=O) groups excluding carboxylic acids is 1. The van der Waals surface area contributed by atoms with E-state index < -0.39 is 17.8 Å². The van der Waals surface area contributed by atoms with Crippen LogP contribution in [0.25, 0.3) is 5.69 Å². The van der Waals surface area contributed by atoms with E-state index in [0.29, 0.717) is 35.2 Å². The van der Waals surface area contributed by atoms with Crippen LogP contribution in [0, 0.1) is 5.92 Å². The fourth-order valence-corrected chi connectivity index (χ4v) is 3.12. The number of benzene rings is 2. The van der Waals surface area contributed by atoms with Crippen molar-refractivity contribution >= 4 is 29.2 Å². The van der Waals surface area contributed by atoms with Crippen molar-refractivity contribution in [2.75, 3.05) is 11.9 Å². The molecule has 33 heavy (non-hydrogen) atoms. The Morgan fingerprint density at radius 2 is 1.88 bits per heavy atom. The number of nitrogens with one attached hydrogen (secondary N) is 2. The van der Waals surface area contributed by atoms with Gasteiger partial charge in [-0.2, -0.15) is 0 Å². The summed E-state index contributed by atoms with van der Waals surface area (Å²) in [6.07, 6.45) is 1.52. The second-order valence-electron chi connectivity index (χ2n) is 7.85. The molecule has 0 saturated heterocycles. The Morgan fingerprint density at radius 3 is 2.52 bits per heavy atom. The Kier molecular flexibility index (Phi) is 8.02. The molecule has 0 aliphatic carbocycles. The molecule has 10 heteroatoms. The number of amides is 1. The number of carboxylic acid groups (broad SMARTS) is 1. The summed E-state index contributed by atoms with van der Waals surface area (Å²) in [6.45, 7) is 6.39. The third-order valence-electron chi connectivity index (χ3n) is 4.68. The molecule has 0 aliphatic rings. The van der Waals surface area contributed by atoms with Gasteiger partial charge >= 0.3 is 5.97 Å². The smallest absolute Gasteiger partial charge is 0.307 e. The highest BCUT2D eigenvalue weighted by molar-refractivity contribution is 6.32. The highest BCUT2D eigenvalue weighted by Crippen LogP contribution is 2.27. The molecule has 1 amide bonds. The Morgan fingerprint density at radius 1 is 1.15 bits per heavy atom. The van der Waals surface area contributed by atoms with Crippen LogP contribution in [0.4, 0.5) is 5.69 Å². The lowest BCUT2D eigenvalue weighted by atomic mass is 10.1. The number of halogens is 1. The summed E-state index contributed by atoms with van der Waals surface area (Å²) in [5.74, 6) is -1.12. The molecule has 9 nitrogen and oxygen atoms in total. The third-order valence-corrected chi connectivity index (χ3v) is 4.98. The van der Waals surface area contributed by atoms with Gasteiger partial charge in [-0.05, 0) is 49.7 Å². The summed E-state index contributed by atoms with van der Waals surface area (Å²) in [5.41, 5.74) is 2.38. The number of hydrogen-bond acceptors (Lipinski definition) is 6. The first-order valence-electron chi connectivity index (χ1n) is 10.5. The zero-order chi connectivity index (χ0) is 24.0. The lowest BCUT2D eigenvalue weighted by Crippen LogP contribution is -2.25. The van der Waals surface area contributed by atoms with Gasteiger partial charge in [0.25, 0.3) is 5.91 Å². The monoisotopic (exact) mass is 471 g/mol. The summed E-state index contributed by atoms with van der Waals surface area (Å²) < 4.78 is 7.09. The first kappa shape index (κ1) is 24.2. The van der Waals surface area contributed by atoms with Gasteiger partial charge in [-0.1, -0.05) is 35.9 Å². The number of aromatic nitrogens is 3. The molecule has 174 valence electrons. The number of carboxylic acids is 1. The van der Waals surface area contributed by atoms with Crippen LogP contribution in [0.2, 0.25) is 5.02 Å². The number of carbonyl (C=O) groups is 2. The van der Waals surface area contributed by atoms with Crippen LogP contribution in [-0.2, 0) is 11.3 Å². The van der Waals surface area contributed by atoms with Crippen LogP contribution in [0.5, 0.6) is 5.75 Å². The molecular weight excluding hydrogens is 446 g/mol. The Balaban J connectivity index is 1.58. The summed E-state index contributed by atoms with van der Waals surface area (Å²) in [6, 6.07) is 12.5. The maximum atomic E-state index is 12.6. The minimum Gasteiger partial charge on any atom is -0.489 e. The van der Waals surface area contributed by atoms with E-state index in [1.54, 1.807) is 37.3 Å². The van der Waals surface area contributed by atoms with Crippen molar-refractivity contribution in [1.82, 2.24) is 20.3 Å². The minimum absolute atomic E-state index is 0.000908. The number of nitrogens with zero attached hydrogens (tertiary/aromatic N) is 3. The van der Waals surface area contributed by atoms with E-state index in [4.69, 9.17) is 21.4 Å². The maximum Gasteiger partial charge on any atom is 0.307 e. The molecule has 0 radical (unpaired) electrons. The number of aliphatic carboxylic acids is 1. The first-order valence-corrected chi connectivity index (χ1v) is 10.8. The van der Waals surface area contributed by atoms with Crippen LogP contribution in [0.15, 0.2) is 48.7 Å². The van der Waals surface area contributed by atoms with Crippen molar-refractivity contribution in [2.24, 2.45) is 5.92 Å². The van der Waals surface area contributed by atoms with Crippen LogP contribution < -0.4 is 15.4 Å². The molecule has 3 rings (SSSR count). The van der Waals surface area contributed by atoms with Crippen molar-refractivity contribution < 1.29 is 19.4 Å². The van der Waals surface area contributed by atoms with E-state index in [2.05, 4.69) is 20.9 Å². The summed E-state index contributed by atoms with van der Waals surface area (Å²) >= 11 is 6.28. The van der Waals surface area contributed by atoms with E-state index in [9.17, 15) is 9.59 Å². The van der Waals surface area contributed by atoms with Gasteiger partial charge in [0.15, 0.2) is 5.69 Å². The molecule has 1 aromatic heterocycles. The number of ether oxygens (including phenoxy) is 1. The SMILES string of the molecule is CC(C)Oc1ccc(-n2cc(C(=O)Nc3ccc(CNCC(C)C(=O)O)cc3)nn2)cc1Cl. The molecule has 1 unspecified atom stereocenters. The third kappa shape index (κ3) is 6.77. The van der Waals surface area contributed by atoms with Gasteiger partial charge in [-0.3, -0.25) is 9.59 Å². The molecular formula is C23H26ClN5O4. The topological polar surface area (TPSA) is 118 Å².